The smallest absolute Gasteiger partial charge is 0.331 e. The number of hydrogen-bond donors (Lipinski definition) is 4. The second-order valence-electron chi connectivity index (χ2n) is 6.40. The van der Waals surface area contributed by atoms with Crippen molar-refractivity contribution in [2.24, 2.45) is 9.36 Å². The van der Waals surface area contributed by atoms with Crippen LogP contribution in [-0.2, 0) is 26.5 Å². The Morgan fingerprint density at radius 3 is 2.66 bits per heavy atom. The Bertz CT molecular complexity index is 937. The molecule has 4 N–H and O–H groups in total. The molecule has 2 rings (SSSR count). The fraction of sp³-hybridized carbons (Fsp3) is 0.556. The summed E-state index contributed by atoms with van der Waals surface area (Å²) in [5.41, 5.74) is 0. The fourth-order valence-corrected chi connectivity index (χ4v) is 3.53. The van der Waals surface area contributed by atoms with Crippen molar-refractivity contribution in [2.45, 2.75) is 38.6 Å². The lowest BCUT2D eigenvalue weighted by atomic mass is 10.2. The van der Waals surface area contributed by atoms with Crippen molar-refractivity contribution in [3.05, 3.63) is 21.9 Å². The highest BCUT2D eigenvalue weighted by atomic mass is 35.5. The summed E-state index contributed by atoms with van der Waals surface area (Å²) in [5, 5.41) is 16.9. The van der Waals surface area contributed by atoms with Gasteiger partial charge in [-0.1, -0.05) is 6.92 Å². The summed E-state index contributed by atoms with van der Waals surface area (Å²) in [6.07, 6.45) is 2.66. The van der Waals surface area contributed by atoms with Gasteiger partial charge in [0.05, 0.1) is 11.4 Å². The van der Waals surface area contributed by atoms with Gasteiger partial charge in [0.25, 0.3) is 5.91 Å². The largest absolute Gasteiger partial charge is 0.480 e. The van der Waals surface area contributed by atoms with Crippen molar-refractivity contribution in [3.63, 3.8) is 0 Å². The molecule has 2 amide bonds. The van der Waals surface area contributed by atoms with E-state index in [1.807, 2.05) is 6.92 Å². The number of carboxylic acids is 1. The Balaban J connectivity index is 0.00000118. The zero-order valence-corrected chi connectivity index (χ0v) is 19.9. The zero-order chi connectivity index (χ0) is 23.9. The number of guanidine groups is 1. The Kier molecular flexibility index (Phi) is 13.2. The van der Waals surface area contributed by atoms with Crippen LogP contribution in [0.2, 0.25) is 0 Å². The molecule has 0 saturated carbocycles. The number of amides is 2. The third-order valence-corrected chi connectivity index (χ3v) is 5.73. The van der Waals surface area contributed by atoms with Gasteiger partial charge in [-0.05, 0) is 31.4 Å². The molecular weight excluding hydrogens is 482 g/mol. The first-order chi connectivity index (χ1) is 15.3. The summed E-state index contributed by atoms with van der Waals surface area (Å²) >= 11 is 6.35. The summed E-state index contributed by atoms with van der Waals surface area (Å²) in [4.78, 5) is 40.2. The fourth-order valence-electron chi connectivity index (χ4n) is 2.23. The summed E-state index contributed by atoms with van der Waals surface area (Å²) < 4.78 is 24.0. The first-order valence-electron chi connectivity index (χ1n) is 9.80. The number of rotatable bonds is 9. The van der Waals surface area contributed by atoms with Crippen LogP contribution in [0, 0.1) is 0 Å². The number of carbonyl (C=O) groups excluding carboxylic acids is 2. The van der Waals surface area contributed by atoms with Gasteiger partial charge in [-0.15, -0.1) is 22.9 Å². The van der Waals surface area contributed by atoms with Crippen LogP contribution < -0.4 is 16.0 Å². The number of thiophene rings is 1. The maximum absolute atomic E-state index is 12.1. The molecule has 0 aromatic carbocycles. The number of halogens is 1. The van der Waals surface area contributed by atoms with E-state index < -0.39 is 35.0 Å². The Labute approximate surface area is 196 Å². The van der Waals surface area contributed by atoms with E-state index >= 15 is 0 Å². The van der Waals surface area contributed by atoms with Crippen LogP contribution in [-0.4, -0.2) is 68.8 Å². The molecule has 0 aliphatic carbocycles. The molecule has 11 nitrogen and oxygen atoms in total. The summed E-state index contributed by atoms with van der Waals surface area (Å²) in [6.45, 7) is 3.04. The predicted molar refractivity (Wildman–Crippen MR) is 122 cm³/mol. The minimum atomic E-state index is -2.89. The standard InChI is InChI=1S/C15H19N5O6S2.C3H7Cl/c21-12(19-15-16-6-1-7-17-15)5-3-9-2-4-11(27-9)13(22)18-8-10(14(23)24)20-28(25)26;1-2-3-4/h2,4,10H,1,3,5-8H2,(H,18,22)(H,23,24)(H2,16,17,19,21);2-3H2,1H3/t10-;/m0./s1. The van der Waals surface area contributed by atoms with Crippen LogP contribution in [0.1, 0.15) is 40.7 Å². The number of aliphatic carboxylic acids is 1. The number of carboxylic acid groups (broad SMARTS) is 1. The van der Waals surface area contributed by atoms with Gasteiger partial charge in [0.2, 0.25) is 5.91 Å². The van der Waals surface area contributed by atoms with Gasteiger partial charge in [0.1, 0.15) is 0 Å². The van der Waals surface area contributed by atoms with Crippen LogP contribution in [0.15, 0.2) is 21.5 Å². The first kappa shape index (κ1) is 27.5. The minimum Gasteiger partial charge on any atom is -0.480 e. The van der Waals surface area contributed by atoms with E-state index in [0.717, 1.165) is 30.1 Å². The molecule has 1 atom stereocenters. The lowest BCUT2D eigenvalue weighted by Crippen LogP contribution is -2.43. The third kappa shape index (κ3) is 11.2. The molecule has 0 radical (unpaired) electrons. The van der Waals surface area contributed by atoms with Crippen molar-refractivity contribution in [3.8, 4) is 0 Å². The average Bonchev–Trinajstić information content (AvgIpc) is 3.24. The van der Waals surface area contributed by atoms with Crippen molar-refractivity contribution in [1.82, 2.24) is 16.0 Å². The molecule has 0 spiro atoms. The maximum Gasteiger partial charge on any atom is 0.331 e. The monoisotopic (exact) mass is 507 g/mol. The normalized spacial score (nSPS) is 13.4. The van der Waals surface area contributed by atoms with Gasteiger partial charge in [-0.25, -0.2) is 4.79 Å². The van der Waals surface area contributed by atoms with Crippen LogP contribution >= 0.6 is 22.9 Å². The highest BCUT2D eigenvalue weighted by Crippen LogP contribution is 2.18. The Hall–Kier alpha value is -2.51. The number of hydrogen-bond acceptors (Lipinski definition) is 9. The molecule has 0 saturated heterocycles. The minimum absolute atomic E-state index is 0.191. The molecule has 32 heavy (non-hydrogen) atoms. The number of alkyl halides is 1. The number of nitrogens with one attached hydrogen (secondary N) is 3. The lowest BCUT2D eigenvalue weighted by molar-refractivity contribution is -0.138. The Morgan fingerprint density at radius 1 is 1.38 bits per heavy atom. The summed E-state index contributed by atoms with van der Waals surface area (Å²) in [5.74, 6) is -0.928. The molecular formula is C18H26ClN5O6S2. The van der Waals surface area contributed by atoms with Gasteiger partial charge in [0, 0.05) is 30.3 Å². The third-order valence-electron chi connectivity index (χ3n) is 3.78. The van der Waals surface area contributed by atoms with E-state index in [2.05, 4.69) is 25.3 Å². The number of aryl methyl sites for hydroxylation is 1. The van der Waals surface area contributed by atoms with Crippen LogP contribution in [0.25, 0.3) is 0 Å². The van der Waals surface area contributed by atoms with E-state index in [1.54, 1.807) is 12.1 Å². The first-order valence-corrected chi connectivity index (χ1v) is 12.2. The Morgan fingerprint density at radius 2 is 2.09 bits per heavy atom. The van der Waals surface area contributed by atoms with Crippen molar-refractivity contribution in [2.75, 3.05) is 25.5 Å². The summed E-state index contributed by atoms with van der Waals surface area (Å²) in [7, 11) is -2.89. The number of carbonyl (C=O) groups is 3. The van der Waals surface area contributed by atoms with Gasteiger partial charge < -0.3 is 15.7 Å². The van der Waals surface area contributed by atoms with Crippen molar-refractivity contribution < 1.29 is 27.9 Å². The van der Waals surface area contributed by atoms with E-state index in [4.69, 9.17) is 16.7 Å². The topological polar surface area (TPSA) is 166 Å². The highest BCUT2D eigenvalue weighted by molar-refractivity contribution is 7.61. The molecule has 14 heteroatoms. The molecule has 1 aromatic heterocycles. The van der Waals surface area contributed by atoms with Crippen molar-refractivity contribution >= 4 is 57.2 Å². The van der Waals surface area contributed by atoms with Crippen LogP contribution in [0.3, 0.4) is 0 Å². The van der Waals surface area contributed by atoms with Gasteiger partial charge >= 0.3 is 16.5 Å². The van der Waals surface area contributed by atoms with E-state index in [9.17, 15) is 22.8 Å². The van der Waals surface area contributed by atoms with E-state index in [0.29, 0.717) is 23.8 Å². The predicted octanol–water partition coefficient (Wildman–Crippen LogP) is 1.03. The number of nitrogens with zero attached hydrogens (tertiary/aromatic N) is 2. The van der Waals surface area contributed by atoms with E-state index in [-0.39, 0.29) is 12.3 Å². The molecule has 0 bridgehead atoms. The molecule has 1 aliphatic rings. The van der Waals surface area contributed by atoms with Crippen molar-refractivity contribution in [1.29, 1.82) is 0 Å². The van der Waals surface area contributed by atoms with Crippen LogP contribution in [0.4, 0.5) is 0 Å². The molecule has 0 unspecified atom stereocenters. The lowest BCUT2D eigenvalue weighted by Gasteiger charge is -2.14. The number of aliphatic imine (C=N–C) groups is 1. The second kappa shape index (κ2) is 15.3. The van der Waals surface area contributed by atoms with E-state index in [1.165, 1.54) is 11.3 Å². The van der Waals surface area contributed by atoms with Gasteiger partial charge in [0.15, 0.2) is 12.0 Å². The summed E-state index contributed by atoms with van der Waals surface area (Å²) in [6, 6.07) is 1.68. The zero-order valence-electron chi connectivity index (χ0n) is 17.5. The molecule has 0 fully saturated rings. The molecule has 178 valence electrons. The quantitative estimate of drug-likeness (QED) is 0.362. The molecule has 2 heterocycles. The highest BCUT2D eigenvalue weighted by Gasteiger charge is 2.19. The molecule has 1 aliphatic heterocycles. The second-order valence-corrected chi connectivity index (χ2v) is 8.59. The molecule has 1 aromatic rings. The maximum atomic E-state index is 12.1. The average molecular weight is 508 g/mol. The van der Waals surface area contributed by atoms with Gasteiger partial charge in [-0.2, -0.15) is 12.8 Å². The van der Waals surface area contributed by atoms with Crippen LogP contribution in [0.5, 0.6) is 0 Å². The SMILES string of the molecule is CCCCl.O=C(CCc1ccc(C(=O)NC[C@H](N=S(=O)=O)C(=O)O)s1)NC1=NCCCN1. The van der Waals surface area contributed by atoms with Gasteiger partial charge in [-0.3, -0.25) is 19.9 Å².